The van der Waals surface area contributed by atoms with Crippen LogP contribution in [0.25, 0.3) is 0 Å². The predicted octanol–water partition coefficient (Wildman–Crippen LogP) is 11.3. The van der Waals surface area contributed by atoms with Gasteiger partial charge >= 0.3 is 17.8 Å². The molecule has 2 aliphatic heterocycles. The second-order valence-corrected chi connectivity index (χ2v) is 20.6. The van der Waals surface area contributed by atoms with Gasteiger partial charge in [0.15, 0.2) is 16.8 Å². The molecule has 10 aromatic rings. The fourth-order valence-electron chi connectivity index (χ4n) is 9.00. The van der Waals surface area contributed by atoms with Gasteiger partial charge in [-0.15, -0.1) is 5.10 Å². The van der Waals surface area contributed by atoms with E-state index in [0.29, 0.717) is 51.6 Å². The quantitative estimate of drug-likeness (QED) is 0.0349. The first-order valence-electron chi connectivity index (χ1n) is 28.5. The second-order valence-electron chi connectivity index (χ2n) is 20.6. The molecule has 3 aromatic carbocycles. The van der Waals surface area contributed by atoms with Gasteiger partial charge in [0.2, 0.25) is 17.7 Å². The normalized spacial score (nSPS) is 15.6. The Balaban J connectivity index is 0.000000221. The zero-order valence-electron chi connectivity index (χ0n) is 51.8. The van der Waals surface area contributed by atoms with Crippen molar-refractivity contribution >= 4 is 8.41 Å². The Bertz CT molecular complexity index is 4500. The van der Waals surface area contributed by atoms with Gasteiger partial charge in [-0.3, -0.25) is 19.3 Å². The topological polar surface area (TPSA) is 276 Å². The number of nitriles is 3. The first-order chi connectivity index (χ1) is 47.2. The molecule has 3 unspecified atom stereocenters. The molecule has 100 heavy (non-hydrogen) atoms. The number of hydrogen-bond acceptors (Lipinski definition) is 18. The van der Waals surface area contributed by atoms with Crippen LogP contribution in [-0.2, 0) is 70.4 Å². The third-order valence-electron chi connectivity index (χ3n) is 14.3. The number of aromatic nitrogens is 10. The Morgan fingerprint density at radius 3 is 1.30 bits per heavy atom. The summed E-state index contributed by atoms with van der Waals surface area (Å²) in [5.41, 5.74) is -9.05. The van der Waals surface area contributed by atoms with Crippen LogP contribution in [-0.4, -0.2) is 89.1 Å². The summed E-state index contributed by atoms with van der Waals surface area (Å²) < 4.78 is 222. The van der Waals surface area contributed by atoms with Crippen molar-refractivity contribution in [1.29, 1.82) is 15.8 Å². The molecule has 0 spiro atoms. The number of aliphatic hydroxyl groups excluding tert-OH is 1. The number of tetrazole rings is 1. The van der Waals surface area contributed by atoms with E-state index in [-0.39, 0.29) is 71.1 Å². The molecule has 12 rings (SSSR count). The van der Waals surface area contributed by atoms with Crippen LogP contribution >= 0.6 is 0 Å². The number of alkyl halides is 7. The van der Waals surface area contributed by atoms with Gasteiger partial charge in [0.05, 0.1) is 51.6 Å². The van der Waals surface area contributed by atoms with Crippen LogP contribution in [0.5, 0.6) is 11.8 Å². The van der Waals surface area contributed by atoms with Gasteiger partial charge in [-0.1, -0.05) is 18.2 Å². The number of ether oxygens (including phenoxy) is 4. The van der Waals surface area contributed by atoms with Crippen LogP contribution in [0.1, 0.15) is 68.5 Å². The van der Waals surface area contributed by atoms with Gasteiger partial charge in [0.25, 0.3) is 0 Å². The molecule has 0 amide bonds. The molecule has 511 valence electrons. The summed E-state index contributed by atoms with van der Waals surface area (Å²) >= 11 is 0. The maximum Gasteiger partial charge on any atom is 0.324 e. The maximum absolute atomic E-state index is 15.7. The van der Waals surface area contributed by atoms with E-state index in [1.165, 1.54) is 73.3 Å². The van der Waals surface area contributed by atoms with Gasteiger partial charge in [0.1, 0.15) is 89.7 Å². The summed E-state index contributed by atoms with van der Waals surface area (Å²) in [6, 6.07) is 28.0. The van der Waals surface area contributed by atoms with Gasteiger partial charge in [-0.2, -0.15) is 46.5 Å². The minimum Gasteiger partial charge on any atom is -0.473 e. The number of epoxide rings is 2. The molecular weight excluding hydrogens is 1570 g/mol. The summed E-state index contributed by atoms with van der Waals surface area (Å²) in [4.78, 5) is 22.3. The van der Waals surface area contributed by atoms with Crippen LogP contribution < -0.4 is 9.47 Å². The molecule has 3 atom stereocenters. The Morgan fingerprint density at radius 2 is 0.960 bits per heavy atom. The van der Waals surface area contributed by atoms with E-state index in [1.54, 1.807) is 0 Å². The predicted molar refractivity (Wildman–Crippen MR) is 315 cm³/mol. The summed E-state index contributed by atoms with van der Waals surface area (Å²) in [5, 5.41) is 55.9. The first-order valence-corrected chi connectivity index (χ1v) is 27.8. The van der Waals surface area contributed by atoms with Crippen molar-refractivity contribution in [2.45, 2.75) is 60.9 Å². The third kappa shape index (κ3) is 17.9. The maximum atomic E-state index is 15.7. The molecular formula is C65H45BF14N13O6U. The van der Waals surface area contributed by atoms with Crippen LogP contribution in [0.15, 0.2) is 171 Å². The molecule has 0 saturated carbocycles. The van der Waals surface area contributed by atoms with E-state index in [4.69, 9.17) is 41.2 Å². The van der Waals surface area contributed by atoms with E-state index in [1.807, 2.05) is 18.2 Å². The monoisotopic (exact) mass is 1620 g/mol. The fraction of sp³-hybridized carbons (Fsp3) is 0.200. The van der Waals surface area contributed by atoms with E-state index in [2.05, 4.69) is 45.4 Å². The van der Waals surface area contributed by atoms with Crippen molar-refractivity contribution in [3.05, 3.63) is 279 Å². The van der Waals surface area contributed by atoms with Crippen molar-refractivity contribution in [1.82, 2.24) is 50.1 Å². The Kier molecular flexibility index (Phi) is 26.2. The Morgan fingerprint density at radius 1 is 0.550 bits per heavy atom. The standard InChI is InChI=1S/C22H15F4N7O2.C21H13F4N3O2.C15H11F4NO2.C6H3FN2.CH3F.B.U/c23-16-3-4-17(18(24)7-16)21(34,12-33-13-30-31-32-33)22(25,26)19-5-1-15(10-28-19)11-35-20-6-2-14(8-27)9-29-20;22-15-3-4-16(17(23)7-15)20(12-30-20)21(24,25)18-5-1-14(10-27-18)11-29-19-6-2-13(8-26)9-28-19;16-10-2-3-11(12(17)5-10)14(8-22-14)15(18,19)13-4-1-9(7-21)6-20-13;7-6-2-1-5(3-8)4-9-6;1-2;;/h1-7,9-10,13,34H,11-12H2;1-7,9-10H,11-12H2;1-6,21H,7-8H2;1-2,4H;1H3;;/i;;;;1D;;. The van der Waals surface area contributed by atoms with E-state index < -0.39 is 136 Å². The number of halogens is 14. The molecule has 19 nitrogen and oxygen atoms in total. The molecule has 9 heterocycles. The fourth-order valence-corrected chi connectivity index (χ4v) is 9.00. The first kappa shape index (κ1) is 77.0. The molecule has 2 N–H and O–H groups in total. The molecule has 0 aliphatic carbocycles. The number of benzene rings is 3. The van der Waals surface area contributed by atoms with E-state index in [9.17, 15) is 49.0 Å². The Labute approximate surface area is 584 Å². The average molecular weight is 1620 g/mol. The van der Waals surface area contributed by atoms with Crippen molar-refractivity contribution in [2.75, 3.05) is 20.4 Å². The zero-order valence-corrected chi connectivity index (χ0v) is 55.0. The van der Waals surface area contributed by atoms with E-state index >= 15 is 17.6 Å². The summed E-state index contributed by atoms with van der Waals surface area (Å²) in [5.74, 6) is -17.8. The second kappa shape index (κ2) is 34.0. The SMILES string of the molecule is N#Cc1ccc(F)nc1.N#Cc1ccc(OCc2ccc(C(F)(F)C(O)(Cn3cnnn3)c3ccc(F)cc3F)nc2)nc1.N#Cc1ccc(OCc2ccc(C(F)(F)C3(c4ccc(F)cc4F)CO3)nc2)nc1.OCc1ccc(C(F)(F)C2(c3ccc(F)cc3F)CO2)nc1.[2H]CF.[B].[U]. The van der Waals surface area contributed by atoms with Crippen LogP contribution in [0.2, 0.25) is 0 Å². The molecule has 2 saturated heterocycles. The smallest absolute Gasteiger partial charge is 0.324 e. The van der Waals surface area contributed by atoms with E-state index in [0.717, 1.165) is 84.1 Å². The molecule has 3 radical (unpaired) electrons. The van der Waals surface area contributed by atoms with Crippen molar-refractivity contribution in [3.8, 4) is 30.0 Å². The number of aliphatic hydroxyl groups is 2. The number of pyridine rings is 6. The van der Waals surface area contributed by atoms with Gasteiger partial charge in [-0.25, -0.2) is 46.0 Å². The number of hydrogen-bond donors (Lipinski definition) is 2. The minimum atomic E-state index is -4.16. The summed E-state index contributed by atoms with van der Waals surface area (Å²) in [6.07, 6.45) is 8.25. The molecule has 35 heteroatoms. The van der Waals surface area contributed by atoms with Crippen LogP contribution in [0.4, 0.5) is 61.5 Å². The largest absolute Gasteiger partial charge is 0.473 e. The molecule has 2 aliphatic rings. The third-order valence-corrected chi connectivity index (χ3v) is 14.3. The minimum absolute atomic E-state index is 0. The van der Waals surface area contributed by atoms with Crippen molar-refractivity contribution in [2.24, 2.45) is 0 Å². The average Bonchev–Trinajstić information content (AvgIpc) is 1.61. The molecule has 7 aromatic heterocycles. The summed E-state index contributed by atoms with van der Waals surface area (Å²) in [6.45, 7) is -2.14. The number of nitrogens with zero attached hydrogens (tertiary/aromatic N) is 13. The Hall–Kier alpha value is -10.3. The van der Waals surface area contributed by atoms with Crippen molar-refractivity contribution < 1.29 is 123 Å². The van der Waals surface area contributed by atoms with Crippen LogP contribution in [0.3, 0.4) is 0 Å². The number of rotatable bonds is 18. The van der Waals surface area contributed by atoms with Gasteiger partial charge < -0.3 is 29.2 Å². The molecule has 2 fully saturated rings. The zero-order chi connectivity index (χ0) is 71.8. The molecule has 0 bridgehead atoms. The van der Waals surface area contributed by atoms with Crippen LogP contribution in [0, 0.1) is 106 Å². The van der Waals surface area contributed by atoms with Gasteiger partial charge in [-0.05, 0) is 94.9 Å². The van der Waals surface area contributed by atoms with Gasteiger partial charge in [0, 0.05) is 135 Å². The summed E-state index contributed by atoms with van der Waals surface area (Å²) in [7, 11) is -1.00. The van der Waals surface area contributed by atoms with Crippen molar-refractivity contribution in [3.63, 3.8) is 0 Å².